The molecule has 0 bridgehead atoms. The van der Waals surface area contributed by atoms with Gasteiger partial charge in [-0.1, -0.05) is 19.0 Å². The summed E-state index contributed by atoms with van der Waals surface area (Å²) < 4.78 is 5.26. The number of esters is 1. The molecule has 0 aromatic carbocycles. The summed E-state index contributed by atoms with van der Waals surface area (Å²) >= 11 is 0. The molecule has 7 atom stereocenters. The molecular weight excluding hydrogens is 404 g/mol. The summed E-state index contributed by atoms with van der Waals surface area (Å²) in [6.45, 7) is 5.45. The number of fused-ring (bicyclic) bond motifs is 5. The van der Waals surface area contributed by atoms with Gasteiger partial charge < -0.3 is 15.3 Å². The lowest BCUT2D eigenvalue weighted by molar-refractivity contribution is -0.167. The third-order valence-electron chi connectivity index (χ3n) is 9.17. The van der Waals surface area contributed by atoms with Crippen molar-refractivity contribution in [2.45, 2.75) is 65.2 Å². The van der Waals surface area contributed by atoms with Crippen LogP contribution < -0.4 is 5.73 Å². The Morgan fingerprint density at radius 3 is 2.63 bits per heavy atom. The van der Waals surface area contributed by atoms with Crippen molar-refractivity contribution < 1.29 is 19.2 Å². The maximum Gasteiger partial charge on any atom is 0.308 e. The van der Waals surface area contributed by atoms with Crippen LogP contribution in [0.15, 0.2) is 5.16 Å². The number of Topliss-reactive ketones (excluding diaryl/α,β-unsaturated/α-hetero) is 1. The van der Waals surface area contributed by atoms with Gasteiger partial charge in [0.2, 0.25) is 0 Å². The average Bonchev–Trinajstić information content (AvgIpc) is 3.02. The zero-order chi connectivity index (χ0) is 20.8. The van der Waals surface area contributed by atoms with Crippen LogP contribution in [-0.4, -0.2) is 37.7 Å². The third-order valence-corrected chi connectivity index (χ3v) is 9.17. The zero-order valence-electron chi connectivity index (χ0n) is 18.5. The van der Waals surface area contributed by atoms with Crippen molar-refractivity contribution in [3.8, 4) is 0 Å². The van der Waals surface area contributed by atoms with Crippen molar-refractivity contribution in [3.05, 3.63) is 0 Å². The van der Waals surface area contributed by atoms with Crippen LogP contribution in [0, 0.1) is 40.4 Å². The normalized spacial score (nSPS) is 43.8. The Bertz CT molecular complexity index is 713. The van der Waals surface area contributed by atoms with Gasteiger partial charge in [-0.05, 0) is 74.0 Å². The van der Waals surface area contributed by atoms with Crippen molar-refractivity contribution in [2.75, 3.05) is 20.3 Å². The molecule has 0 saturated heterocycles. The van der Waals surface area contributed by atoms with Crippen LogP contribution in [0.1, 0.15) is 65.2 Å². The van der Waals surface area contributed by atoms with Gasteiger partial charge in [0.15, 0.2) is 0 Å². The molecule has 0 spiro atoms. The van der Waals surface area contributed by atoms with Gasteiger partial charge in [0.25, 0.3) is 0 Å². The topological polar surface area (TPSA) is 91.0 Å². The van der Waals surface area contributed by atoms with Gasteiger partial charge in [-0.25, -0.2) is 0 Å². The fraction of sp³-hybridized carbons (Fsp3) is 0.870. The van der Waals surface area contributed by atoms with Crippen LogP contribution in [0.5, 0.6) is 0 Å². The fourth-order valence-corrected chi connectivity index (χ4v) is 7.60. The molecule has 4 fully saturated rings. The van der Waals surface area contributed by atoms with Gasteiger partial charge in [0.1, 0.15) is 12.4 Å². The predicted molar refractivity (Wildman–Crippen MR) is 117 cm³/mol. The second-order valence-electron chi connectivity index (χ2n) is 10.3. The molecule has 4 saturated carbocycles. The van der Waals surface area contributed by atoms with Crippen molar-refractivity contribution >= 4 is 29.9 Å². The SMILES string of the molecule is COC(=O)[C@H]1C[C@@H]2[C@H](CC[C@]3(C)C(=O)CC[C@@H]23)[C@@]2(C)CCC(=NOCCN)CC12.Cl. The summed E-state index contributed by atoms with van der Waals surface area (Å²) in [4.78, 5) is 30.9. The zero-order valence-corrected chi connectivity index (χ0v) is 19.3. The van der Waals surface area contributed by atoms with E-state index in [2.05, 4.69) is 19.0 Å². The van der Waals surface area contributed by atoms with E-state index in [0.717, 1.165) is 50.7 Å². The first kappa shape index (κ1) is 23.5. The van der Waals surface area contributed by atoms with E-state index in [1.807, 2.05) is 0 Å². The molecule has 0 aliphatic heterocycles. The van der Waals surface area contributed by atoms with Crippen LogP contribution in [0.25, 0.3) is 0 Å². The van der Waals surface area contributed by atoms with E-state index < -0.39 is 0 Å². The summed E-state index contributed by atoms with van der Waals surface area (Å²) in [5, 5.41) is 4.33. The number of nitrogens with zero attached hydrogens (tertiary/aromatic N) is 1. The molecular formula is C23H37ClN2O4. The Morgan fingerprint density at radius 2 is 1.93 bits per heavy atom. The predicted octanol–water partition coefficient (Wildman–Crippen LogP) is 3.75. The molecule has 4 rings (SSSR count). The van der Waals surface area contributed by atoms with Crippen molar-refractivity contribution in [1.82, 2.24) is 0 Å². The Hall–Kier alpha value is -1.14. The van der Waals surface area contributed by atoms with E-state index >= 15 is 0 Å². The Kier molecular flexibility index (Phi) is 6.88. The summed E-state index contributed by atoms with van der Waals surface area (Å²) in [7, 11) is 1.50. The lowest BCUT2D eigenvalue weighted by Crippen LogP contribution is -2.57. The molecule has 0 radical (unpaired) electrons. The van der Waals surface area contributed by atoms with Crippen LogP contribution >= 0.6 is 12.4 Å². The monoisotopic (exact) mass is 440 g/mol. The number of halogens is 1. The highest BCUT2D eigenvalue weighted by Crippen LogP contribution is 2.66. The van der Waals surface area contributed by atoms with Gasteiger partial charge in [-0.2, -0.15) is 0 Å². The summed E-state index contributed by atoms with van der Waals surface area (Å²) in [5.41, 5.74) is 6.46. The molecule has 4 aliphatic carbocycles. The second kappa shape index (κ2) is 8.78. The molecule has 2 N–H and O–H groups in total. The maximum absolute atomic E-state index is 12.9. The first-order chi connectivity index (χ1) is 13.8. The minimum atomic E-state index is -0.178. The maximum atomic E-state index is 12.9. The molecule has 170 valence electrons. The van der Waals surface area contributed by atoms with Crippen LogP contribution in [0.2, 0.25) is 0 Å². The van der Waals surface area contributed by atoms with Crippen LogP contribution in [0.4, 0.5) is 0 Å². The Labute approximate surface area is 186 Å². The first-order valence-corrected chi connectivity index (χ1v) is 11.3. The number of carbonyl (C=O) groups excluding carboxylic acids is 2. The Balaban J connectivity index is 0.00000256. The first-order valence-electron chi connectivity index (χ1n) is 11.3. The highest BCUT2D eigenvalue weighted by Gasteiger charge is 2.63. The summed E-state index contributed by atoms with van der Waals surface area (Å²) in [6.07, 6.45) is 7.38. The van der Waals surface area contributed by atoms with Crippen molar-refractivity contribution in [2.24, 2.45) is 51.3 Å². The summed E-state index contributed by atoms with van der Waals surface area (Å²) in [5.74, 6) is 1.89. The van der Waals surface area contributed by atoms with Gasteiger partial charge in [0, 0.05) is 18.4 Å². The molecule has 1 unspecified atom stereocenters. The smallest absolute Gasteiger partial charge is 0.308 e. The lowest BCUT2D eigenvalue weighted by Gasteiger charge is -2.61. The molecule has 7 heteroatoms. The lowest BCUT2D eigenvalue weighted by atomic mass is 9.43. The van der Waals surface area contributed by atoms with Gasteiger partial charge in [0.05, 0.1) is 18.7 Å². The van der Waals surface area contributed by atoms with Crippen LogP contribution in [0.3, 0.4) is 0 Å². The quantitative estimate of drug-likeness (QED) is 0.408. The molecule has 0 heterocycles. The highest BCUT2D eigenvalue weighted by atomic mass is 35.5. The fourth-order valence-electron chi connectivity index (χ4n) is 7.60. The number of ketones is 1. The number of hydrogen-bond donors (Lipinski definition) is 1. The average molecular weight is 441 g/mol. The van der Waals surface area contributed by atoms with Gasteiger partial charge in [-0.3, -0.25) is 9.59 Å². The van der Waals surface area contributed by atoms with Crippen molar-refractivity contribution in [1.29, 1.82) is 0 Å². The molecule has 6 nitrogen and oxygen atoms in total. The molecule has 0 aromatic heterocycles. The number of nitrogens with two attached hydrogens (primary N) is 1. The molecule has 0 amide bonds. The van der Waals surface area contributed by atoms with E-state index in [4.69, 9.17) is 15.3 Å². The minimum Gasteiger partial charge on any atom is -0.469 e. The van der Waals surface area contributed by atoms with E-state index in [1.165, 1.54) is 7.11 Å². The van der Waals surface area contributed by atoms with E-state index in [-0.39, 0.29) is 41.0 Å². The third kappa shape index (κ3) is 3.58. The second-order valence-corrected chi connectivity index (χ2v) is 10.3. The van der Waals surface area contributed by atoms with Crippen molar-refractivity contribution in [3.63, 3.8) is 0 Å². The Morgan fingerprint density at radius 1 is 1.17 bits per heavy atom. The number of hydrogen-bond acceptors (Lipinski definition) is 6. The largest absolute Gasteiger partial charge is 0.469 e. The van der Waals surface area contributed by atoms with Gasteiger partial charge >= 0.3 is 5.97 Å². The molecule has 0 aromatic rings. The number of methoxy groups -OCH3 is 1. The van der Waals surface area contributed by atoms with E-state index in [0.29, 0.717) is 43.1 Å². The van der Waals surface area contributed by atoms with E-state index in [1.54, 1.807) is 0 Å². The number of ether oxygens (including phenoxy) is 1. The van der Waals surface area contributed by atoms with Gasteiger partial charge in [-0.15, -0.1) is 12.4 Å². The molecule has 4 aliphatic rings. The minimum absolute atomic E-state index is 0. The van der Waals surface area contributed by atoms with E-state index in [9.17, 15) is 9.59 Å². The number of carbonyl (C=O) groups is 2. The molecule has 30 heavy (non-hydrogen) atoms. The number of rotatable bonds is 4. The number of oxime groups is 1. The standard InChI is InChI=1S/C23H36N2O4.ClH/c1-22-8-6-14(25-29-11-10-24)12-19(22)16(21(27)28-3)13-15-17-4-5-20(26)23(17,2)9-7-18(15)22;/h15-19H,4-13,24H2,1-3H3;1H/t15-,16-,17-,18-,19?,22+,23-;/m0./s1. The summed E-state index contributed by atoms with van der Waals surface area (Å²) in [6, 6.07) is 0. The highest BCUT2D eigenvalue weighted by molar-refractivity contribution is 5.88. The van der Waals surface area contributed by atoms with Crippen LogP contribution in [-0.2, 0) is 19.2 Å².